The van der Waals surface area contributed by atoms with E-state index < -0.39 is 0 Å². The Balaban J connectivity index is 1.92. The van der Waals surface area contributed by atoms with E-state index in [1.165, 1.54) is 12.1 Å². The molecule has 0 aliphatic rings. The van der Waals surface area contributed by atoms with Gasteiger partial charge >= 0.3 is 0 Å². The van der Waals surface area contributed by atoms with Crippen molar-refractivity contribution in [2.24, 2.45) is 0 Å². The van der Waals surface area contributed by atoms with Crippen LogP contribution in [-0.4, -0.2) is 37.3 Å². The van der Waals surface area contributed by atoms with Crippen molar-refractivity contribution in [2.45, 2.75) is 39.4 Å². The highest BCUT2D eigenvalue weighted by molar-refractivity contribution is 5.84. The van der Waals surface area contributed by atoms with Crippen LogP contribution in [0.15, 0.2) is 30.6 Å². The Hall–Kier alpha value is -2.74. The number of imidazole rings is 1. The van der Waals surface area contributed by atoms with Crippen molar-refractivity contribution < 1.29 is 9.50 Å². The number of halogens is 1. The van der Waals surface area contributed by atoms with Crippen LogP contribution < -0.4 is 10.6 Å². The lowest BCUT2D eigenvalue weighted by Crippen LogP contribution is -2.24. The normalized spacial score (nSPS) is 12.3. The number of hydrogen-bond donors (Lipinski definition) is 3. The van der Waals surface area contributed by atoms with E-state index in [9.17, 15) is 9.50 Å². The summed E-state index contributed by atoms with van der Waals surface area (Å²) in [5.41, 5.74) is 2.17. The molecule has 0 radical (unpaired) electrons. The van der Waals surface area contributed by atoms with Crippen molar-refractivity contribution in [3.63, 3.8) is 0 Å². The number of nitrogens with one attached hydrogen (secondary N) is 2. The molecular weight excluding hydrogens is 335 g/mol. The maximum Gasteiger partial charge on any atom is 0.227 e. The van der Waals surface area contributed by atoms with Crippen LogP contribution in [0.4, 0.5) is 16.2 Å². The number of nitrogens with zero attached hydrogens (tertiary/aromatic N) is 4. The quantitative estimate of drug-likeness (QED) is 0.574. The van der Waals surface area contributed by atoms with E-state index in [0.29, 0.717) is 29.5 Å². The van der Waals surface area contributed by atoms with E-state index in [1.807, 2.05) is 24.5 Å². The fourth-order valence-electron chi connectivity index (χ4n) is 2.66. The van der Waals surface area contributed by atoms with Crippen molar-refractivity contribution >= 4 is 22.9 Å². The monoisotopic (exact) mass is 358 g/mol. The molecule has 0 spiro atoms. The average molecular weight is 358 g/mol. The lowest BCUT2D eigenvalue weighted by molar-refractivity contribution is 0.271. The minimum Gasteiger partial charge on any atom is -0.394 e. The minimum atomic E-state index is -0.275. The SMILES string of the molecule is CC[C@@H](CO)Nc1nc(NCc2cccc(F)c2)c2ncn(CC)c2n1. The first-order valence-electron chi connectivity index (χ1n) is 8.73. The van der Waals surface area contributed by atoms with Crippen LogP contribution in [0.5, 0.6) is 0 Å². The molecule has 2 heterocycles. The average Bonchev–Trinajstić information content (AvgIpc) is 3.07. The lowest BCUT2D eigenvalue weighted by atomic mass is 10.2. The Morgan fingerprint density at radius 3 is 2.81 bits per heavy atom. The van der Waals surface area contributed by atoms with Gasteiger partial charge in [-0.3, -0.25) is 0 Å². The molecule has 0 bridgehead atoms. The number of aliphatic hydroxyl groups is 1. The van der Waals surface area contributed by atoms with E-state index in [2.05, 4.69) is 25.6 Å². The highest BCUT2D eigenvalue weighted by atomic mass is 19.1. The third-order valence-electron chi connectivity index (χ3n) is 4.20. The van der Waals surface area contributed by atoms with Gasteiger partial charge in [0.05, 0.1) is 19.0 Å². The third kappa shape index (κ3) is 3.91. The van der Waals surface area contributed by atoms with Gasteiger partial charge in [0, 0.05) is 13.1 Å². The Morgan fingerprint density at radius 2 is 2.12 bits per heavy atom. The van der Waals surface area contributed by atoms with Crippen LogP contribution in [-0.2, 0) is 13.1 Å². The second-order valence-corrected chi connectivity index (χ2v) is 6.01. The summed E-state index contributed by atoms with van der Waals surface area (Å²) in [6.45, 7) is 5.13. The minimum absolute atomic E-state index is 0.00299. The predicted octanol–water partition coefficient (Wildman–Crippen LogP) is 2.78. The first kappa shape index (κ1) is 18.1. The molecule has 26 heavy (non-hydrogen) atoms. The highest BCUT2D eigenvalue weighted by Gasteiger charge is 2.15. The summed E-state index contributed by atoms with van der Waals surface area (Å²) >= 11 is 0. The molecule has 8 heteroatoms. The Bertz CT molecular complexity index is 877. The molecule has 1 atom stereocenters. The molecule has 7 nitrogen and oxygen atoms in total. The number of hydrogen-bond acceptors (Lipinski definition) is 6. The summed E-state index contributed by atoms with van der Waals surface area (Å²) in [4.78, 5) is 13.5. The molecule has 0 saturated carbocycles. The third-order valence-corrected chi connectivity index (χ3v) is 4.20. The number of aryl methyl sites for hydroxylation is 1. The summed E-state index contributed by atoms with van der Waals surface area (Å²) in [5, 5.41) is 15.8. The van der Waals surface area contributed by atoms with Crippen molar-refractivity contribution in [1.82, 2.24) is 19.5 Å². The zero-order chi connectivity index (χ0) is 18.5. The fourth-order valence-corrected chi connectivity index (χ4v) is 2.66. The van der Waals surface area contributed by atoms with Gasteiger partial charge in [0.2, 0.25) is 5.95 Å². The number of fused-ring (bicyclic) bond motifs is 1. The van der Waals surface area contributed by atoms with Crippen molar-refractivity contribution in [3.8, 4) is 0 Å². The zero-order valence-electron chi connectivity index (χ0n) is 14.9. The summed E-state index contributed by atoms with van der Waals surface area (Å²) in [6, 6.07) is 6.29. The van der Waals surface area contributed by atoms with Gasteiger partial charge in [-0.25, -0.2) is 9.37 Å². The number of anilines is 2. The molecule has 0 aliphatic carbocycles. The van der Waals surface area contributed by atoms with E-state index in [1.54, 1.807) is 12.4 Å². The second-order valence-electron chi connectivity index (χ2n) is 6.01. The molecule has 0 saturated heterocycles. The van der Waals surface area contributed by atoms with Crippen molar-refractivity contribution in [2.75, 3.05) is 17.2 Å². The standard InChI is InChI=1S/C18H23FN6O/c1-3-14(10-26)22-18-23-16(15-17(24-18)25(4-2)11-21-15)20-9-12-6-5-7-13(19)8-12/h5-8,11,14,26H,3-4,9-10H2,1-2H3,(H2,20,22,23,24)/t14-/m0/s1. The molecule has 0 unspecified atom stereocenters. The van der Waals surface area contributed by atoms with Crippen LogP contribution in [0.2, 0.25) is 0 Å². The smallest absolute Gasteiger partial charge is 0.227 e. The van der Waals surface area contributed by atoms with E-state index in [0.717, 1.165) is 18.5 Å². The molecular formula is C18H23FN6O. The molecule has 0 fully saturated rings. The first-order chi connectivity index (χ1) is 12.6. The number of aliphatic hydroxyl groups excluding tert-OH is 1. The Labute approximate surface area is 151 Å². The maximum absolute atomic E-state index is 13.4. The van der Waals surface area contributed by atoms with Crippen LogP contribution in [0.25, 0.3) is 11.2 Å². The summed E-state index contributed by atoms with van der Waals surface area (Å²) in [7, 11) is 0. The molecule has 138 valence electrons. The van der Waals surface area contributed by atoms with E-state index in [4.69, 9.17) is 0 Å². The lowest BCUT2D eigenvalue weighted by Gasteiger charge is -2.15. The molecule has 0 aliphatic heterocycles. The largest absolute Gasteiger partial charge is 0.394 e. The maximum atomic E-state index is 13.4. The molecule has 3 N–H and O–H groups in total. The first-order valence-corrected chi connectivity index (χ1v) is 8.73. The number of aromatic nitrogens is 4. The topological polar surface area (TPSA) is 87.9 Å². The second kappa shape index (κ2) is 8.09. The predicted molar refractivity (Wildman–Crippen MR) is 99.5 cm³/mol. The zero-order valence-corrected chi connectivity index (χ0v) is 14.9. The van der Waals surface area contributed by atoms with E-state index >= 15 is 0 Å². The van der Waals surface area contributed by atoms with Gasteiger partial charge in [-0.1, -0.05) is 19.1 Å². The molecule has 3 rings (SSSR count). The van der Waals surface area contributed by atoms with Gasteiger partial charge in [0.25, 0.3) is 0 Å². The highest BCUT2D eigenvalue weighted by Crippen LogP contribution is 2.22. The number of rotatable bonds is 8. The van der Waals surface area contributed by atoms with Crippen LogP contribution in [0.3, 0.4) is 0 Å². The van der Waals surface area contributed by atoms with Gasteiger partial charge in [0.15, 0.2) is 17.0 Å². The van der Waals surface area contributed by atoms with Gasteiger partial charge in [-0.15, -0.1) is 0 Å². The van der Waals surface area contributed by atoms with Gasteiger partial charge in [-0.05, 0) is 31.0 Å². The molecule has 0 amide bonds. The summed E-state index contributed by atoms with van der Waals surface area (Å²) < 4.78 is 15.3. The van der Waals surface area contributed by atoms with Gasteiger partial charge in [-0.2, -0.15) is 9.97 Å². The van der Waals surface area contributed by atoms with Crippen LogP contribution in [0, 0.1) is 5.82 Å². The van der Waals surface area contributed by atoms with Crippen LogP contribution in [0.1, 0.15) is 25.8 Å². The molecule has 1 aromatic carbocycles. The van der Waals surface area contributed by atoms with Crippen LogP contribution >= 0.6 is 0 Å². The van der Waals surface area contributed by atoms with Gasteiger partial charge in [0.1, 0.15) is 5.82 Å². The summed E-state index contributed by atoms with van der Waals surface area (Å²) in [6.07, 6.45) is 2.47. The fraction of sp³-hybridized carbons (Fsp3) is 0.389. The number of benzene rings is 1. The Morgan fingerprint density at radius 1 is 1.27 bits per heavy atom. The van der Waals surface area contributed by atoms with Gasteiger partial charge < -0.3 is 20.3 Å². The van der Waals surface area contributed by atoms with Crippen molar-refractivity contribution in [1.29, 1.82) is 0 Å². The Kier molecular flexibility index (Phi) is 5.62. The summed E-state index contributed by atoms with van der Waals surface area (Å²) in [5.74, 6) is 0.723. The molecule has 3 aromatic rings. The van der Waals surface area contributed by atoms with E-state index in [-0.39, 0.29) is 18.5 Å². The molecule has 2 aromatic heterocycles. The van der Waals surface area contributed by atoms with Crippen molar-refractivity contribution in [3.05, 3.63) is 42.0 Å².